The van der Waals surface area contributed by atoms with Gasteiger partial charge in [0.25, 0.3) is 0 Å². The molecule has 0 spiro atoms. The van der Waals surface area contributed by atoms with E-state index in [1.165, 1.54) is 22.8 Å². The fraction of sp³-hybridized carbons (Fsp3) is 0.556. The zero-order valence-electron chi connectivity index (χ0n) is 30.2. The van der Waals surface area contributed by atoms with E-state index in [2.05, 4.69) is 81.8 Å². The number of fused-ring (bicyclic) bond motifs is 1. The Kier molecular flexibility index (Phi) is 18.3. The van der Waals surface area contributed by atoms with Crippen LogP contribution in [-0.4, -0.2) is 86.0 Å². The molecule has 0 bridgehead atoms. The van der Waals surface area contributed by atoms with Gasteiger partial charge in [0.2, 0.25) is 5.91 Å². The van der Waals surface area contributed by atoms with Crippen molar-refractivity contribution in [1.29, 1.82) is 0 Å². The summed E-state index contributed by atoms with van der Waals surface area (Å²) in [7, 11) is 3.88. The Balaban J connectivity index is 0.000000773. The molecule has 0 unspecified atom stereocenters. The molecule has 1 fully saturated rings. The fourth-order valence-electron chi connectivity index (χ4n) is 4.75. The molecule has 0 radical (unpaired) electrons. The normalized spacial score (nSPS) is 13.8. The molecule has 2 aromatic carbocycles. The number of anilines is 3. The highest BCUT2D eigenvalue weighted by molar-refractivity contribution is 7.09. The van der Waals surface area contributed by atoms with Gasteiger partial charge in [0, 0.05) is 74.4 Å². The molecule has 10 heteroatoms. The van der Waals surface area contributed by atoms with E-state index in [-0.39, 0.29) is 18.1 Å². The van der Waals surface area contributed by atoms with E-state index in [0.717, 1.165) is 78.9 Å². The number of amides is 1. The molecule has 0 aliphatic carbocycles. The summed E-state index contributed by atoms with van der Waals surface area (Å²) in [4.78, 5) is 32.6. The van der Waals surface area contributed by atoms with Gasteiger partial charge in [0.05, 0.1) is 12.1 Å². The number of ether oxygens (including phenoxy) is 1. The zero-order chi connectivity index (χ0) is 34.9. The Morgan fingerprint density at radius 3 is 2.17 bits per heavy atom. The molecular formula is C36H58N6O3S. The number of benzene rings is 2. The van der Waals surface area contributed by atoms with Crippen molar-refractivity contribution in [3.63, 3.8) is 0 Å². The van der Waals surface area contributed by atoms with E-state index in [4.69, 9.17) is 9.53 Å². The van der Waals surface area contributed by atoms with Crippen LogP contribution < -0.4 is 15.1 Å². The van der Waals surface area contributed by atoms with Gasteiger partial charge in [-0.3, -0.25) is 4.79 Å². The molecule has 2 aliphatic heterocycles. The van der Waals surface area contributed by atoms with Crippen LogP contribution in [0.4, 0.5) is 17.1 Å². The maximum Gasteiger partial charge on any atom is 0.246 e. The summed E-state index contributed by atoms with van der Waals surface area (Å²) >= 11 is 1.42. The van der Waals surface area contributed by atoms with Gasteiger partial charge in [0.1, 0.15) is 17.6 Å². The maximum atomic E-state index is 13.2. The minimum absolute atomic E-state index is 0.0417. The standard InChI is InChI=1S/C26H32N6OS.C5H12O.2C2H6.CH2O/c1-4-24-28-26(34-29-24)19-9-8-18(2)21(16-19)27-17-25(33)32-11-10-20-22(6-5-7-23(20)32)31-14-12-30(3)13-15-31;1-5(2,3)6-4;3*1-2/h5-9,16,27H,4,10-15,17H2,1-3H3;1-4H3;2*1-2H3;1H2. The lowest BCUT2D eigenvalue weighted by atomic mass is 10.1. The smallest absolute Gasteiger partial charge is 0.246 e. The molecule has 1 amide bonds. The first-order valence-corrected chi connectivity index (χ1v) is 17.2. The van der Waals surface area contributed by atoms with Crippen LogP contribution >= 0.6 is 11.5 Å². The lowest BCUT2D eigenvalue weighted by Gasteiger charge is -2.35. The maximum absolute atomic E-state index is 13.2. The van der Waals surface area contributed by atoms with E-state index in [1.807, 2.05) is 60.2 Å². The highest BCUT2D eigenvalue weighted by atomic mass is 32.1. The lowest BCUT2D eigenvalue weighted by Crippen LogP contribution is -2.44. The summed E-state index contributed by atoms with van der Waals surface area (Å²) in [5.41, 5.74) is 6.80. The number of carbonyl (C=O) groups is 2. The molecule has 3 heterocycles. The van der Waals surface area contributed by atoms with Crippen LogP contribution in [0.1, 0.15) is 72.3 Å². The van der Waals surface area contributed by atoms with Crippen molar-refractivity contribution in [2.24, 2.45) is 0 Å². The minimum Gasteiger partial charge on any atom is -0.379 e. The van der Waals surface area contributed by atoms with Crippen molar-refractivity contribution >= 4 is 41.3 Å². The number of nitrogens with zero attached hydrogens (tertiary/aromatic N) is 5. The third-order valence-electron chi connectivity index (χ3n) is 7.46. The molecule has 1 aromatic heterocycles. The molecule has 5 rings (SSSR count). The van der Waals surface area contributed by atoms with Crippen molar-refractivity contribution in [2.45, 2.75) is 80.8 Å². The number of nitrogens with one attached hydrogen (secondary N) is 1. The topological polar surface area (TPSA) is 90.9 Å². The Hall–Kier alpha value is -3.34. The number of aromatic nitrogens is 2. The number of methoxy groups -OCH3 is 1. The average Bonchev–Trinajstić information content (AvgIpc) is 3.75. The highest BCUT2D eigenvalue weighted by Gasteiger charge is 2.28. The first-order chi connectivity index (χ1) is 22.1. The van der Waals surface area contributed by atoms with Gasteiger partial charge in [0.15, 0.2) is 0 Å². The second kappa shape index (κ2) is 20.7. The van der Waals surface area contributed by atoms with Gasteiger partial charge in [-0.15, -0.1) is 0 Å². The van der Waals surface area contributed by atoms with Gasteiger partial charge in [-0.25, -0.2) is 4.98 Å². The molecule has 9 nitrogen and oxygen atoms in total. The Morgan fingerprint density at radius 2 is 1.61 bits per heavy atom. The molecular weight excluding hydrogens is 597 g/mol. The van der Waals surface area contributed by atoms with Crippen LogP contribution in [0, 0.1) is 6.92 Å². The molecule has 1 N–H and O–H groups in total. The van der Waals surface area contributed by atoms with Crippen LogP contribution in [0.2, 0.25) is 0 Å². The second-order valence-corrected chi connectivity index (χ2v) is 12.2. The third kappa shape index (κ3) is 11.8. The first kappa shape index (κ1) is 40.7. The van der Waals surface area contributed by atoms with Crippen LogP contribution in [0.5, 0.6) is 0 Å². The Bertz CT molecular complexity index is 1320. The quantitative estimate of drug-likeness (QED) is 0.300. The van der Waals surface area contributed by atoms with E-state index >= 15 is 0 Å². The number of piperazine rings is 1. The number of rotatable bonds is 6. The van der Waals surface area contributed by atoms with Gasteiger partial charge in [-0.1, -0.05) is 52.8 Å². The third-order valence-corrected chi connectivity index (χ3v) is 8.26. The molecule has 2 aliphatic rings. The van der Waals surface area contributed by atoms with Gasteiger partial charge in [-0.2, -0.15) is 4.37 Å². The van der Waals surface area contributed by atoms with Gasteiger partial charge < -0.3 is 29.5 Å². The summed E-state index contributed by atoms with van der Waals surface area (Å²) < 4.78 is 9.34. The first-order valence-electron chi connectivity index (χ1n) is 16.5. The summed E-state index contributed by atoms with van der Waals surface area (Å²) in [6.07, 6.45) is 1.74. The molecule has 0 saturated carbocycles. The van der Waals surface area contributed by atoms with Crippen LogP contribution in [-0.2, 0) is 27.2 Å². The number of carbonyl (C=O) groups excluding carboxylic acids is 2. The molecule has 3 aromatic rings. The summed E-state index contributed by atoms with van der Waals surface area (Å²) in [5.74, 6) is 0.970. The van der Waals surface area contributed by atoms with E-state index in [1.54, 1.807) is 7.11 Å². The van der Waals surface area contributed by atoms with Crippen molar-refractivity contribution in [3.8, 4) is 10.6 Å². The SMILES string of the molecule is C=O.CC.CC.CCc1nsc(-c2ccc(C)c(NCC(=O)N3CCc4c(N5CCN(C)CC5)cccc43)c2)n1.COC(C)(C)C. The number of aryl methyl sites for hydroxylation is 2. The molecule has 256 valence electrons. The average molecular weight is 655 g/mol. The van der Waals surface area contributed by atoms with E-state index in [9.17, 15) is 4.79 Å². The second-order valence-electron chi connectivity index (χ2n) is 11.4. The molecule has 1 saturated heterocycles. The largest absolute Gasteiger partial charge is 0.379 e. The number of hydrogen-bond acceptors (Lipinski definition) is 9. The lowest BCUT2D eigenvalue weighted by molar-refractivity contribution is -0.116. The van der Waals surface area contributed by atoms with Crippen LogP contribution in [0.25, 0.3) is 10.6 Å². The highest BCUT2D eigenvalue weighted by Crippen LogP contribution is 2.36. The van der Waals surface area contributed by atoms with Crippen LogP contribution in [0.3, 0.4) is 0 Å². The Morgan fingerprint density at radius 1 is 1.00 bits per heavy atom. The summed E-state index contributed by atoms with van der Waals surface area (Å²) in [6, 6.07) is 12.6. The predicted molar refractivity (Wildman–Crippen MR) is 197 cm³/mol. The fourth-order valence-corrected chi connectivity index (χ4v) is 5.49. The van der Waals surface area contributed by atoms with E-state index < -0.39 is 0 Å². The van der Waals surface area contributed by atoms with Gasteiger partial charge in [-0.05, 0) is 76.5 Å². The zero-order valence-corrected chi connectivity index (χ0v) is 31.0. The summed E-state index contributed by atoms with van der Waals surface area (Å²) in [5, 5.41) is 4.30. The van der Waals surface area contributed by atoms with Crippen molar-refractivity contribution in [3.05, 3.63) is 53.3 Å². The molecule has 46 heavy (non-hydrogen) atoms. The van der Waals surface area contributed by atoms with Crippen molar-refractivity contribution in [2.75, 3.05) is 68.5 Å². The van der Waals surface area contributed by atoms with Crippen LogP contribution in [0.15, 0.2) is 36.4 Å². The molecule has 0 atom stereocenters. The minimum atomic E-state index is 0.0417. The van der Waals surface area contributed by atoms with Crippen molar-refractivity contribution in [1.82, 2.24) is 14.3 Å². The Labute approximate surface area is 282 Å². The number of hydrogen-bond donors (Lipinski definition) is 1. The monoisotopic (exact) mass is 654 g/mol. The summed E-state index contributed by atoms with van der Waals surface area (Å²) in [6.45, 7) is 25.4. The van der Waals surface area contributed by atoms with E-state index in [0.29, 0.717) is 0 Å². The number of likely N-dealkylation sites (N-methyl/N-ethyl adjacent to an activating group) is 1. The van der Waals surface area contributed by atoms with Gasteiger partial charge >= 0.3 is 0 Å². The van der Waals surface area contributed by atoms with Crippen molar-refractivity contribution < 1.29 is 14.3 Å². The predicted octanol–water partition coefficient (Wildman–Crippen LogP) is 7.13.